The Morgan fingerprint density at radius 1 is 1.24 bits per heavy atom. The molecule has 2 nitrogen and oxygen atoms in total. The van der Waals surface area contributed by atoms with Crippen molar-refractivity contribution in [3.63, 3.8) is 0 Å². The third kappa shape index (κ3) is 2.27. The average molecular weight is 231 g/mol. The number of carbonyl (C=O) groups is 1. The Labute approximate surface area is 103 Å². The lowest BCUT2D eigenvalue weighted by Crippen LogP contribution is -2.38. The van der Waals surface area contributed by atoms with Crippen molar-refractivity contribution in [2.45, 2.75) is 38.0 Å². The third-order valence-corrected chi connectivity index (χ3v) is 3.93. The Balaban J connectivity index is 2.34. The molecule has 0 aromatic heterocycles. The van der Waals surface area contributed by atoms with E-state index in [4.69, 9.17) is 0 Å². The van der Waals surface area contributed by atoms with E-state index in [1.165, 1.54) is 24.0 Å². The molecule has 1 aromatic carbocycles. The van der Waals surface area contributed by atoms with Crippen LogP contribution in [0.25, 0.3) is 0 Å². The molecule has 0 aliphatic heterocycles. The lowest BCUT2D eigenvalue weighted by molar-refractivity contribution is -0.123. The molecule has 1 N–H and O–H groups in total. The Bertz CT molecular complexity index is 388. The van der Waals surface area contributed by atoms with Gasteiger partial charge in [-0.05, 0) is 32.4 Å². The fourth-order valence-electron chi connectivity index (χ4n) is 2.91. The summed E-state index contributed by atoms with van der Waals surface area (Å²) in [6, 6.07) is 8.49. The first kappa shape index (κ1) is 12.3. The summed E-state index contributed by atoms with van der Waals surface area (Å²) < 4.78 is 0. The number of nitrogens with one attached hydrogen (secondary N) is 1. The standard InChI is InChI=1S/C15H21NO/c1-12-5-7-13(8-6-12)15(9-3-4-10-15)14(17)11-16-2/h5-8,16H,3-4,9-11H2,1-2H3. The van der Waals surface area contributed by atoms with Gasteiger partial charge in [0.05, 0.1) is 12.0 Å². The van der Waals surface area contributed by atoms with E-state index in [1.807, 2.05) is 7.05 Å². The molecule has 1 aliphatic carbocycles. The largest absolute Gasteiger partial charge is 0.313 e. The van der Waals surface area contributed by atoms with Crippen LogP contribution in [0, 0.1) is 6.92 Å². The highest BCUT2D eigenvalue weighted by atomic mass is 16.1. The highest BCUT2D eigenvalue weighted by Gasteiger charge is 2.41. The van der Waals surface area contributed by atoms with E-state index in [2.05, 4.69) is 36.5 Å². The molecule has 0 heterocycles. The molecule has 1 fully saturated rings. The molecule has 1 aliphatic rings. The van der Waals surface area contributed by atoms with Gasteiger partial charge in [0.2, 0.25) is 0 Å². The molecule has 0 radical (unpaired) electrons. The van der Waals surface area contributed by atoms with Gasteiger partial charge >= 0.3 is 0 Å². The van der Waals surface area contributed by atoms with Crippen molar-refractivity contribution in [1.82, 2.24) is 5.32 Å². The van der Waals surface area contributed by atoms with Gasteiger partial charge in [-0.1, -0.05) is 42.7 Å². The van der Waals surface area contributed by atoms with E-state index in [1.54, 1.807) is 0 Å². The topological polar surface area (TPSA) is 29.1 Å². The summed E-state index contributed by atoms with van der Waals surface area (Å²) >= 11 is 0. The molecule has 17 heavy (non-hydrogen) atoms. The number of Topliss-reactive ketones (excluding diaryl/α,β-unsaturated/α-hetero) is 1. The van der Waals surface area contributed by atoms with E-state index in [9.17, 15) is 4.79 Å². The van der Waals surface area contributed by atoms with E-state index in [-0.39, 0.29) is 5.41 Å². The second-order valence-electron chi connectivity index (χ2n) is 5.11. The maximum Gasteiger partial charge on any atom is 0.157 e. The van der Waals surface area contributed by atoms with Crippen molar-refractivity contribution in [3.05, 3.63) is 35.4 Å². The second kappa shape index (κ2) is 5.01. The molecular formula is C15H21NO. The van der Waals surface area contributed by atoms with Gasteiger partial charge in [-0.25, -0.2) is 0 Å². The zero-order chi connectivity index (χ0) is 12.3. The normalized spacial score (nSPS) is 18.2. The van der Waals surface area contributed by atoms with Crippen molar-refractivity contribution in [2.24, 2.45) is 0 Å². The Hall–Kier alpha value is -1.15. The van der Waals surface area contributed by atoms with E-state index < -0.39 is 0 Å². The van der Waals surface area contributed by atoms with Gasteiger partial charge in [-0.2, -0.15) is 0 Å². The lowest BCUT2D eigenvalue weighted by Gasteiger charge is -2.28. The third-order valence-electron chi connectivity index (χ3n) is 3.93. The maximum absolute atomic E-state index is 12.4. The first-order chi connectivity index (χ1) is 8.19. The summed E-state index contributed by atoms with van der Waals surface area (Å²) in [6.45, 7) is 2.56. The number of ketones is 1. The van der Waals surface area contributed by atoms with Gasteiger partial charge in [0, 0.05) is 0 Å². The van der Waals surface area contributed by atoms with Gasteiger partial charge in [0.25, 0.3) is 0 Å². The zero-order valence-electron chi connectivity index (χ0n) is 10.8. The maximum atomic E-state index is 12.4. The van der Waals surface area contributed by atoms with Crippen LogP contribution in [-0.4, -0.2) is 19.4 Å². The van der Waals surface area contributed by atoms with Crippen LogP contribution in [-0.2, 0) is 10.2 Å². The van der Waals surface area contributed by atoms with Gasteiger partial charge < -0.3 is 5.32 Å². The summed E-state index contributed by atoms with van der Waals surface area (Å²) in [5, 5.41) is 3.00. The average Bonchev–Trinajstić information content (AvgIpc) is 2.81. The smallest absolute Gasteiger partial charge is 0.157 e. The second-order valence-corrected chi connectivity index (χ2v) is 5.11. The van der Waals surface area contributed by atoms with Crippen molar-refractivity contribution in [3.8, 4) is 0 Å². The summed E-state index contributed by atoms with van der Waals surface area (Å²) in [5.74, 6) is 0.348. The summed E-state index contributed by atoms with van der Waals surface area (Å²) in [5.41, 5.74) is 2.25. The summed E-state index contributed by atoms with van der Waals surface area (Å²) in [7, 11) is 1.84. The molecule has 0 atom stereocenters. The lowest BCUT2D eigenvalue weighted by atomic mass is 9.75. The molecule has 0 saturated heterocycles. The summed E-state index contributed by atoms with van der Waals surface area (Å²) in [6.07, 6.45) is 4.36. The zero-order valence-corrected chi connectivity index (χ0v) is 10.8. The van der Waals surface area contributed by atoms with Gasteiger partial charge in [-0.3, -0.25) is 4.79 Å². The first-order valence-corrected chi connectivity index (χ1v) is 6.44. The van der Waals surface area contributed by atoms with Crippen LogP contribution in [0.3, 0.4) is 0 Å². The predicted molar refractivity (Wildman–Crippen MR) is 70.3 cm³/mol. The Kier molecular flexibility index (Phi) is 3.63. The number of likely N-dealkylation sites (N-methyl/N-ethyl adjacent to an activating group) is 1. The van der Waals surface area contributed by atoms with E-state index >= 15 is 0 Å². The predicted octanol–water partition coefficient (Wildman–Crippen LogP) is 2.60. The minimum atomic E-state index is -0.212. The molecule has 0 amide bonds. The summed E-state index contributed by atoms with van der Waals surface area (Å²) in [4.78, 5) is 12.4. The molecule has 92 valence electrons. The number of rotatable bonds is 4. The molecule has 0 bridgehead atoms. The van der Waals surface area contributed by atoms with Crippen LogP contribution in [0.4, 0.5) is 0 Å². The molecule has 2 rings (SSSR count). The van der Waals surface area contributed by atoms with Crippen LogP contribution in [0.15, 0.2) is 24.3 Å². The van der Waals surface area contributed by atoms with Crippen LogP contribution < -0.4 is 5.32 Å². The molecular weight excluding hydrogens is 210 g/mol. The molecule has 0 unspecified atom stereocenters. The molecule has 1 aromatic rings. The first-order valence-electron chi connectivity index (χ1n) is 6.44. The van der Waals surface area contributed by atoms with Gasteiger partial charge in [0.15, 0.2) is 5.78 Å². The van der Waals surface area contributed by atoms with Crippen molar-refractivity contribution in [2.75, 3.05) is 13.6 Å². The van der Waals surface area contributed by atoms with Crippen LogP contribution in [0.1, 0.15) is 36.8 Å². The molecule has 2 heteroatoms. The number of aryl methyl sites for hydroxylation is 1. The molecule has 1 saturated carbocycles. The fraction of sp³-hybridized carbons (Fsp3) is 0.533. The quantitative estimate of drug-likeness (QED) is 0.863. The van der Waals surface area contributed by atoms with Crippen LogP contribution in [0.5, 0.6) is 0 Å². The number of hydrogen-bond donors (Lipinski definition) is 1. The minimum Gasteiger partial charge on any atom is -0.313 e. The van der Waals surface area contributed by atoms with E-state index in [0.717, 1.165) is 12.8 Å². The number of benzene rings is 1. The van der Waals surface area contributed by atoms with Gasteiger partial charge in [0.1, 0.15) is 0 Å². The highest BCUT2D eigenvalue weighted by molar-refractivity contribution is 5.92. The van der Waals surface area contributed by atoms with Crippen molar-refractivity contribution >= 4 is 5.78 Å². The SMILES string of the molecule is CNCC(=O)C1(c2ccc(C)cc2)CCCC1. The van der Waals surface area contributed by atoms with Crippen molar-refractivity contribution < 1.29 is 4.79 Å². The number of carbonyl (C=O) groups excluding carboxylic acids is 1. The van der Waals surface area contributed by atoms with Crippen LogP contribution >= 0.6 is 0 Å². The Morgan fingerprint density at radius 2 is 1.82 bits per heavy atom. The van der Waals surface area contributed by atoms with Crippen LogP contribution in [0.2, 0.25) is 0 Å². The minimum absolute atomic E-state index is 0.212. The fourth-order valence-corrected chi connectivity index (χ4v) is 2.91. The monoisotopic (exact) mass is 231 g/mol. The van der Waals surface area contributed by atoms with Gasteiger partial charge in [-0.15, -0.1) is 0 Å². The van der Waals surface area contributed by atoms with E-state index in [0.29, 0.717) is 12.3 Å². The number of hydrogen-bond acceptors (Lipinski definition) is 2. The van der Waals surface area contributed by atoms with Crippen molar-refractivity contribution in [1.29, 1.82) is 0 Å². The highest BCUT2D eigenvalue weighted by Crippen LogP contribution is 2.41. The Morgan fingerprint density at radius 3 is 2.35 bits per heavy atom. The molecule has 0 spiro atoms.